The van der Waals surface area contributed by atoms with Crippen molar-refractivity contribution in [1.29, 1.82) is 0 Å². The van der Waals surface area contributed by atoms with E-state index in [4.69, 9.17) is 16.6 Å². The second-order valence-electron chi connectivity index (χ2n) is 2.24. The van der Waals surface area contributed by atoms with Gasteiger partial charge in [0, 0.05) is 6.42 Å². The van der Waals surface area contributed by atoms with Crippen molar-refractivity contribution in [2.45, 2.75) is 19.1 Å². The number of ether oxygens (including phenoxy) is 1. The average Bonchev–Trinajstić information content (AvgIpc) is 2.03. The molecule has 0 saturated heterocycles. The molecular weight excluding hydrogens is 164 g/mol. The fourth-order valence-electron chi connectivity index (χ4n) is 0.436. The highest BCUT2D eigenvalue weighted by Gasteiger charge is 2.35. The van der Waals surface area contributed by atoms with Crippen LogP contribution >= 0.6 is 0 Å². The molecule has 1 amide bonds. The summed E-state index contributed by atoms with van der Waals surface area (Å²) < 4.78 is 4.41. The van der Waals surface area contributed by atoms with Crippen LogP contribution in [0.1, 0.15) is 13.3 Å². The summed E-state index contributed by atoms with van der Waals surface area (Å²) in [6.07, 6.45) is 0.0617. The minimum Gasteiger partial charge on any atom is -0.432 e. The Labute approximate surface area is 69.5 Å². The zero-order valence-electron chi connectivity index (χ0n) is 6.74. The summed E-state index contributed by atoms with van der Waals surface area (Å²) in [6, 6.07) is 0. The van der Waals surface area contributed by atoms with Gasteiger partial charge in [-0.3, -0.25) is 15.3 Å². The third kappa shape index (κ3) is 2.48. The third-order valence-corrected chi connectivity index (χ3v) is 1.24. The fourth-order valence-corrected chi connectivity index (χ4v) is 0.436. The van der Waals surface area contributed by atoms with Crippen molar-refractivity contribution in [1.82, 2.24) is 0 Å². The van der Waals surface area contributed by atoms with Crippen molar-refractivity contribution in [3.05, 3.63) is 0 Å². The van der Waals surface area contributed by atoms with Crippen molar-refractivity contribution >= 4 is 11.9 Å². The van der Waals surface area contributed by atoms with Gasteiger partial charge < -0.3 is 15.6 Å². The molecule has 0 fully saturated rings. The van der Waals surface area contributed by atoms with E-state index in [1.807, 2.05) is 0 Å². The Bertz CT molecular complexity index is 194. The summed E-state index contributed by atoms with van der Waals surface area (Å²) in [5.41, 5.74) is 7.84. The van der Waals surface area contributed by atoms with Crippen molar-refractivity contribution in [2.75, 3.05) is 6.61 Å². The van der Waals surface area contributed by atoms with Gasteiger partial charge in [-0.1, -0.05) is 6.92 Å². The maximum absolute atomic E-state index is 10.7. The van der Waals surface area contributed by atoms with Crippen LogP contribution in [0.15, 0.2) is 0 Å². The van der Waals surface area contributed by atoms with E-state index >= 15 is 0 Å². The number of hydrogen-bond acceptors (Lipinski definition) is 5. The largest absolute Gasteiger partial charge is 0.432 e. The van der Waals surface area contributed by atoms with Crippen molar-refractivity contribution in [3.63, 3.8) is 0 Å². The van der Waals surface area contributed by atoms with E-state index in [1.165, 1.54) is 6.92 Å². The first kappa shape index (κ1) is 10.9. The molecular formula is C6H12N2O4. The molecule has 0 aliphatic heterocycles. The molecule has 0 aromatic heterocycles. The predicted molar refractivity (Wildman–Crippen MR) is 39.6 cm³/mol. The number of aliphatic hydroxyl groups is 1. The molecule has 5 N–H and O–H groups in total. The number of carbonyl (C=O) groups excluding carboxylic acids is 2. The van der Waals surface area contributed by atoms with Crippen molar-refractivity contribution in [3.8, 4) is 0 Å². The quantitative estimate of drug-likeness (QED) is 0.341. The molecule has 12 heavy (non-hydrogen) atoms. The molecule has 0 heterocycles. The monoisotopic (exact) mass is 176 g/mol. The van der Waals surface area contributed by atoms with Gasteiger partial charge in [0.05, 0.1) is 0 Å². The molecule has 0 saturated carbocycles. The summed E-state index contributed by atoms with van der Waals surface area (Å²) in [5.74, 6) is -1.77. The predicted octanol–water partition coefficient (Wildman–Crippen LogP) is -1.93. The minimum absolute atomic E-state index is 0.0617. The number of esters is 1. The third-order valence-electron chi connectivity index (χ3n) is 1.24. The van der Waals surface area contributed by atoms with Gasteiger partial charge in [0.15, 0.2) is 0 Å². The lowest BCUT2D eigenvalue weighted by atomic mass is 10.2. The molecule has 0 unspecified atom stereocenters. The topological polar surface area (TPSA) is 116 Å². The summed E-state index contributed by atoms with van der Waals surface area (Å²) in [7, 11) is 0. The molecule has 0 aliphatic carbocycles. The van der Waals surface area contributed by atoms with E-state index in [2.05, 4.69) is 4.74 Å². The van der Waals surface area contributed by atoms with Gasteiger partial charge in [0.1, 0.15) is 6.61 Å². The Morgan fingerprint density at radius 3 is 2.33 bits per heavy atom. The van der Waals surface area contributed by atoms with Crippen LogP contribution in [0.4, 0.5) is 0 Å². The molecule has 0 rings (SSSR count). The van der Waals surface area contributed by atoms with Crippen LogP contribution in [0, 0.1) is 0 Å². The minimum atomic E-state index is -2.09. The normalized spacial score (nSPS) is 14.9. The van der Waals surface area contributed by atoms with Crippen molar-refractivity contribution < 1.29 is 19.4 Å². The highest BCUT2D eigenvalue weighted by Crippen LogP contribution is 2.02. The van der Waals surface area contributed by atoms with Gasteiger partial charge in [0.2, 0.25) is 0 Å². The first-order valence-corrected chi connectivity index (χ1v) is 3.37. The Hall–Kier alpha value is -1.14. The molecule has 6 nitrogen and oxygen atoms in total. The number of nitrogens with two attached hydrogens (primary N) is 2. The summed E-state index contributed by atoms with van der Waals surface area (Å²) in [6.45, 7) is 0.704. The fraction of sp³-hybridized carbons (Fsp3) is 0.667. The lowest BCUT2D eigenvalue weighted by Crippen LogP contribution is -2.58. The van der Waals surface area contributed by atoms with Gasteiger partial charge in [-0.05, 0) is 0 Å². The zero-order chi connectivity index (χ0) is 9.78. The first-order valence-electron chi connectivity index (χ1n) is 3.37. The van der Waals surface area contributed by atoms with E-state index in [1.54, 1.807) is 0 Å². The Balaban J connectivity index is 4.34. The summed E-state index contributed by atoms with van der Waals surface area (Å²) >= 11 is 0. The van der Waals surface area contributed by atoms with Gasteiger partial charge in [0.25, 0.3) is 11.6 Å². The number of aliphatic hydroxyl groups excluding tert-OH is 1. The zero-order valence-corrected chi connectivity index (χ0v) is 6.74. The van der Waals surface area contributed by atoms with Gasteiger partial charge >= 0.3 is 5.97 Å². The maximum Gasteiger partial charge on any atom is 0.307 e. The van der Waals surface area contributed by atoms with Crippen LogP contribution in [-0.2, 0) is 14.3 Å². The summed E-state index contributed by atoms with van der Waals surface area (Å²) in [4.78, 5) is 21.2. The lowest BCUT2D eigenvalue weighted by molar-refractivity contribution is -0.170. The number of amides is 1. The van der Waals surface area contributed by atoms with E-state index in [-0.39, 0.29) is 6.42 Å². The second kappa shape index (κ2) is 4.03. The van der Waals surface area contributed by atoms with Crippen LogP contribution in [0.25, 0.3) is 0 Å². The maximum atomic E-state index is 10.7. The molecule has 70 valence electrons. The second-order valence-corrected chi connectivity index (χ2v) is 2.24. The number of hydrogen-bond donors (Lipinski definition) is 3. The number of carbonyl (C=O) groups is 2. The SMILES string of the molecule is CCC(=O)O[C@@](N)(CO)C(N)=O. The molecule has 0 aromatic carbocycles. The standard InChI is InChI=1S/C6H12N2O4/c1-2-4(10)12-6(8,3-9)5(7)11/h9H,2-3,8H2,1H3,(H2,7,11)/t6-/m0/s1. The molecule has 0 spiro atoms. The number of primary amides is 1. The van der Waals surface area contributed by atoms with E-state index in [0.29, 0.717) is 0 Å². The highest BCUT2D eigenvalue weighted by atomic mass is 16.6. The van der Waals surface area contributed by atoms with Gasteiger partial charge in [-0.15, -0.1) is 0 Å². The van der Waals surface area contributed by atoms with Gasteiger partial charge in [-0.2, -0.15) is 0 Å². The van der Waals surface area contributed by atoms with E-state index in [9.17, 15) is 9.59 Å². The molecule has 1 atom stereocenters. The van der Waals surface area contributed by atoms with E-state index < -0.39 is 24.2 Å². The molecule has 0 aliphatic rings. The van der Waals surface area contributed by atoms with Crippen LogP contribution in [0.2, 0.25) is 0 Å². The summed E-state index contributed by atoms with van der Waals surface area (Å²) in [5, 5.41) is 8.60. The van der Waals surface area contributed by atoms with Crippen LogP contribution in [0.5, 0.6) is 0 Å². The molecule has 0 bridgehead atoms. The Morgan fingerprint density at radius 2 is 2.08 bits per heavy atom. The molecule has 6 heteroatoms. The van der Waals surface area contributed by atoms with Crippen LogP contribution < -0.4 is 11.5 Å². The number of rotatable bonds is 4. The first-order chi connectivity index (χ1) is 5.46. The smallest absolute Gasteiger partial charge is 0.307 e. The average molecular weight is 176 g/mol. The van der Waals surface area contributed by atoms with Gasteiger partial charge in [-0.25, -0.2) is 0 Å². The van der Waals surface area contributed by atoms with E-state index in [0.717, 1.165) is 0 Å². The Kier molecular flexibility index (Phi) is 3.65. The van der Waals surface area contributed by atoms with Crippen LogP contribution in [-0.4, -0.2) is 29.3 Å². The van der Waals surface area contributed by atoms with Crippen LogP contribution in [0.3, 0.4) is 0 Å². The molecule has 0 radical (unpaired) electrons. The lowest BCUT2D eigenvalue weighted by Gasteiger charge is -2.22. The molecule has 0 aromatic rings. The highest BCUT2D eigenvalue weighted by molar-refractivity contribution is 5.85. The Morgan fingerprint density at radius 1 is 1.58 bits per heavy atom. The van der Waals surface area contributed by atoms with Crippen molar-refractivity contribution in [2.24, 2.45) is 11.5 Å².